The zero-order chi connectivity index (χ0) is 15.2. The summed E-state index contributed by atoms with van der Waals surface area (Å²) in [6.45, 7) is 6.30. The van der Waals surface area contributed by atoms with Crippen molar-refractivity contribution >= 4 is 15.9 Å². The van der Waals surface area contributed by atoms with Crippen molar-refractivity contribution in [1.82, 2.24) is 4.72 Å². The standard InChI is InChI=1S/C13H22N2O4S/c1-4-19-13-6-5-12(7-11(13)9-16)15-20(17,18)14-8-10(2)3/h5-7,10,14-16H,4,8-9H2,1-3H3. The summed E-state index contributed by atoms with van der Waals surface area (Å²) in [5.74, 6) is 0.771. The van der Waals surface area contributed by atoms with Crippen LogP contribution in [0.1, 0.15) is 26.3 Å². The topological polar surface area (TPSA) is 87.7 Å². The Hall–Kier alpha value is -1.31. The van der Waals surface area contributed by atoms with E-state index in [1.165, 1.54) is 0 Å². The second-order valence-corrected chi connectivity index (χ2v) is 6.26. The van der Waals surface area contributed by atoms with Crippen LogP contribution in [0, 0.1) is 5.92 Å². The van der Waals surface area contributed by atoms with Crippen LogP contribution in [0.15, 0.2) is 18.2 Å². The van der Waals surface area contributed by atoms with Gasteiger partial charge in [-0.15, -0.1) is 0 Å². The fraction of sp³-hybridized carbons (Fsp3) is 0.538. The van der Waals surface area contributed by atoms with Gasteiger partial charge in [0, 0.05) is 12.1 Å². The number of hydrogen-bond acceptors (Lipinski definition) is 4. The molecule has 0 saturated carbocycles. The Labute approximate surface area is 120 Å². The van der Waals surface area contributed by atoms with E-state index in [4.69, 9.17) is 4.74 Å². The molecular weight excluding hydrogens is 280 g/mol. The maximum absolute atomic E-state index is 11.8. The van der Waals surface area contributed by atoms with Crippen LogP contribution < -0.4 is 14.2 Å². The van der Waals surface area contributed by atoms with Gasteiger partial charge in [-0.1, -0.05) is 13.8 Å². The second-order valence-electron chi connectivity index (χ2n) is 4.76. The van der Waals surface area contributed by atoms with Gasteiger partial charge in [-0.2, -0.15) is 13.1 Å². The Morgan fingerprint density at radius 1 is 1.35 bits per heavy atom. The minimum absolute atomic E-state index is 0.218. The molecule has 0 saturated heterocycles. The number of nitrogens with one attached hydrogen (secondary N) is 2. The third-order valence-corrected chi connectivity index (χ3v) is 3.52. The van der Waals surface area contributed by atoms with Crippen LogP contribution in [0.4, 0.5) is 5.69 Å². The lowest BCUT2D eigenvalue weighted by Gasteiger charge is -2.13. The van der Waals surface area contributed by atoms with Gasteiger partial charge in [-0.3, -0.25) is 4.72 Å². The van der Waals surface area contributed by atoms with Gasteiger partial charge in [0.1, 0.15) is 5.75 Å². The summed E-state index contributed by atoms with van der Waals surface area (Å²) in [7, 11) is -3.60. The molecule has 0 aliphatic rings. The molecule has 0 bridgehead atoms. The number of benzene rings is 1. The molecule has 3 N–H and O–H groups in total. The molecule has 0 aliphatic carbocycles. The van der Waals surface area contributed by atoms with Crippen molar-refractivity contribution in [3.05, 3.63) is 23.8 Å². The quantitative estimate of drug-likeness (QED) is 0.679. The summed E-state index contributed by atoms with van der Waals surface area (Å²) in [6, 6.07) is 4.79. The van der Waals surface area contributed by atoms with Crippen molar-refractivity contribution in [2.45, 2.75) is 27.4 Å². The van der Waals surface area contributed by atoms with Crippen LogP contribution in [0.3, 0.4) is 0 Å². The molecule has 20 heavy (non-hydrogen) atoms. The monoisotopic (exact) mass is 302 g/mol. The molecule has 0 heterocycles. The van der Waals surface area contributed by atoms with Gasteiger partial charge in [0.15, 0.2) is 0 Å². The molecule has 0 amide bonds. The summed E-state index contributed by atoms with van der Waals surface area (Å²) < 4.78 is 33.8. The maximum Gasteiger partial charge on any atom is 0.299 e. The maximum atomic E-state index is 11.8. The van der Waals surface area contributed by atoms with Crippen molar-refractivity contribution in [1.29, 1.82) is 0 Å². The summed E-state index contributed by atoms with van der Waals surface area (Å²) in [4.78, 5) is 0. The van der Waals surface area contributed by atoms with E-state index in [0.717, 1.165) is 0 Å². The smallest absolute Gasteiger partial charge is 0.299 e. The van der Waals surface area contributed by atoms with Crippen LogP contribution in [0.25, 0.3) is 0 Å². The van der Waals surface area contributed by atoms with Crippen molar-refractivity contribution < 1.29 is 18.3 Å². The average molecular weight is 302 g/mol. The normalized spacial score (nSPS) is 11.7. The Kier molecular flexibility index (Phi) is 6.25. The van der Waals surface area contributed by atoms with Gasteiger partial charge >= 0.3 is 0 Å². The molecule has 0 fully saturated rings. The van der Waals surface area contributed by atoms with E-state index in [2.05, 4.69) is 9.44 Å². The van der Waals surface area contributed by atoms with Crippen molar-refractivity contribution in [2.75, 3.05) is 17.9 Å². The van der Waals surface area contributed by atoms with E-state index < -0.39 is 10.2 Å². The number of aliphatic hydroxyl groups excluding tert-OH is 1. The van der Waals surface area contributed by atoms with Crippen LogP contribution in [-0.2, 0) is 16.8 Å². The van der Waals surface area contributed by atoms with Gasteiger partial charge in [-0.25, -0.2) is 0 Å². The highest BCUT2D eigenvalue weighted by Gasteiger charge is 2.12. The predicted octanol–water partition coefficient (Wildman–Crippen LogP) is 1.48. The van der Waals surface area contributed by atoms with Gasteiger partial charge in [0.2, 0.25) is 0 Å². The van der Waals surface area contributed by atoms with Crippen LogP contribution in [0.2, 0.25) is 0 Å². The lowest BCUT2D eigenvalue weighted by atomic mass is 10.2. The first-order chi connectivity index (χ1) is 9.38. The Bertz CT molecular complexity index is 529. The largest absolute Gasteiger partial charge is 0.494 e. The summed E-state index contributed by atoms with van der Waals surface area (Å²) in [6.07, 6.45) is 0. The molecule has 0 aliphatic heterocycles. The minimum Gasteiger partial charge on any atom is -0.494 e. The van der Waals surface area contributed by atoms with Crippen LogP contribution in [0.5, 0.6) is 5.75 Å². The molecule has 0 atom stereocenters. The molecule has 1 aromatic carbocycles. The van der Waals surface area contributed by atoms with E-state index in [-0.39, 0.29) is 12.5 Å². The highest BCUT2D eigenvalue weighted by molar-refractivity contribution is 7.90. The number of hydrogen-bond donors (Lipinski definition) is 3. The molecule has 6 nitrogen and oxygen atoms in total. The first kappa shape index (κ1) is 16.7. The number of anilines is 1. The molecular formula is C13H22N2O4S. The van der Waals surface area contributed by atoms with Crippen molar-refractivity contribution in [2.24, 2.45) is 5.92 Å². The second kappa shape index (κ2) is 7.47. The first-order valence-corrected chi connectivity index (χ1v) is 8.00. The zero-order valence-corrected chi connectivity index (χ0v) is 12.8. The SMILES string of the molecule is CCOc1ccc(NS(=O)(=O)NCC(C)C)cc1CO. The number of aliphatic hydroxyl groups is 1. The van der Waals surface area contributed by atoms with Gasteiger partial charge in [0.25, 0.3) is 10.2 Å². The number of ether oxygens (including phenoxy) is 1. The molecule has 114 valence electrons. The molecule has 1 rings (SSSR count). The highest BCUT2D eigenvalue weighted by Crippen LogP contribution is 2.23. The Morgan fingerprint density at radius 3 is 2.60 bits per heavy atom. The lowest BCUT2D eigenvalue weighted by Crippen LogP contribution is -2.32. The molecule has 0 radical (unpaired) electrons. The lowest BCUT2D eigenvalue weighted by molar-refractivity contribution is 0.267. The first-order valence-electron chi connectivity index (χ1n) is 6.52. The Morgan fingerprint density at radius 2 is 2.05 bits per heavy atom. The summed E-state index contributed by atoms with van der Waals surface area (Å²) in [5.41, 5.74) is 0.921. The van der Waals surface area contributed by atoms with E-state index in [1.807, 2.05) is 20.8 Å². The average Bonchev–Trinajstić information content (AvgIpc) is 2.38. The van der Waals surface area contributed by atoms with E-state index in [0.29, 0.717) is 30.2 Å². The fourth-order valence-electron chi connectivity index (χ4n) is 1.53. The summed E-state index contributed by atoms with van der Waals surface area (Å²) in [5, 5.41) is 9.27. The molecule has 0 unspecified atom stereocenters. The number of rotatable bonds is 8. The fourth-order valence-corrected chi connectivity index (χ4v) is 2.59. The third-order valence-electron chi connectivity index (χ3n) is 2.46. The third kappa shape index (κ3) is 5.36. The Balaban J connectivity index is 2.82. The summed E-state index contributed by atoms with van der Waals surface area (Å²) >= 11 is 0. The van der Waals surface area contributed by atoms with Crippen LogP contribution in [-0.4, -0.2) is 26.7 Å². The van der Waals surface area contributed by atoms with E-state index in [9.17, 15) is 13.5 Å². The molecule has 1 aromatic rings. The van der Waals surface area contributed by atoms with Crippen LogP contribution >= 0.6 is 0 Å². The van der Waals surface area contributed by atoms with Gasteiger partial charge in [-0.05, 0) is 31.0 Å². The molecule has 0 aromatic heterocycles. The zero-order valence-electron chi connectivity index (χ0n) is 12.0. The highest BCUT2D eigenvalue weighted by atomic mass is 32.2. The van der Waals surface area contributed by atoms with Crippen molar-refractivity contribution in [3.8, 4) is 5.75 Å². The van der Waals surface area contributed by atoms with E-state index >= 15 is 0 Å². The van der Waals surface area contributed by atoms with Gasteiger partial charge in [0.05, 0.1) is 18.9 Å². The minimum atomic E-state index is -3.60. The van der Waals surface area contributed by atoms with Crippen molar-refractivity contribution in [3.63, 3.8) is 0 Å². The van der Waals surface area contributed by atoms with Gasteiger partial charge < -0.3 is 9.84 Å². The molecule has 0 spiro atoms. The van der Waals surface area contributed by atoms with E-state index in [1.54, 1.807) is 18.2 Å². The molecule has 7 heteroatoms. The predicted molar refractivity (Wildman–Crippen MR) is 78.9 cm³/mol.